The van der Waals surface area contributed by atoms with Gasteiger partial charge < -0.3 is 0 Å². The molecule has 16 heavy (non-hydrogen) atoms. The Morgan fingerprint density at radius 1 is 0.875 bits per heavy atom. The van der Waals surface area contributed by atoms with Gasteiger partial charge in [-0.1, -0.05) is 45.1 Å². The lowest BCUT2D eigenvalue weighted by molar-refractivity contribution is 0.271. The van der Waals surface area contributed by atoms with Crippen LogP contribution in [0.3, 0.4) is 0 Å². The standard InChI is InChI=1S/C16H26/c1-12-5-8-15(9-6-12)11-16-10-13(2)4-7-14(16)3/h4-5,7-8,12-16H,6,9-11H2,1-3H3. The molecule has 0 radical (unpaired) electrons. The lowest BCUT2D eigenvalue weighted by Gasteiger charge is -2.32. The van der Waals surface area contributed by atoms with Crippen molar-refractivity contribution in [2.24, 2.45) is 29.6 Å². The Bertz CT molecular complexity index is 274. The van der Waals surface area contributed by atoms with Crippen LogP contribution in [0.1, 0.15) is 46.5 Å². The fourth-order valence-electron chi connectivity index (χ4n) is 3.21. The van der Waals surface area contributed by atoms with Gasteiger partial charge >= 0.3 is 0 Å². The number of hydrogen-bond donors (Lipinski definition) is 0. The minimum absolute atomic E-state index is 0.795. The third-order valence-electron chi connectivity index (χ3n) is 4.47. The average Bonchev–Trinajstić information content (AvgIpc) is 2.27. The molecule has 2 rings (SSSR count). The Labute approximate surface area is 101 Å². The maximum absolute atomic E-state index is 2.49. The topological polar surface area (TPSA) is 0 Å². The van der Waals surface area contributed by atoms with Crippen molar-refractivity contribution in [3.8, 4) is 0 Å². The van der Waals surface area contributed by atoms with Gasteiger partial charge in [-0.2, -0.15) is 0 Å². The molecular weight excluding hydrogens is 192 g/mol. The van der Waals surface area contributed by atoms with E-state index < -0.39 is 0 Å². The lowest BCUT2D eigenvalue weighted by atomic mass is 9.74. The van der Waals surface area contributed by atoms with Gasteiger partial charge in [0.1, 0.15) is 0 Å². The lowest BCUT2D eigenvalue weighted by Crippen LogP contribution is -2.21. The first-order chi connectivity index (χ1) is 7.65. The summed E-state index contributed by atoms with van der Waals surface area (Å²) in [6, 6.07) is 0. The normalized spacial score (nSPS) is 43.6. The van der Waals surface area contributed by atoms with E-state index in [2.05, 4.69) is 45.1 Å². The minimum atomic E-state index is 0.795. The molecule has 2 aliphatic rings. The Morgan fingerprint density at radius 2 is 1.62 bits per heavy atom. The van der Waals surface area contributed by atoms with Crippen molar-refractivity contribution < 1.29 is 0 Å². The van der Waals surface area contributed by atoms with E-state index in [0.717, 1.165) is 29.6 Å². The van der Waals surface area contributed by atoms with Gasteiger partial charge in [0, 0.05) is 0 Å². The number of hydrogen-bond acceptors (Lipinski definition) is 0. The van der Waals surface area contributed by atoms with Crippen LogP contribution >= 0.6 is 0 Å². The van der Waals surface area contributed by atoms with Gasteiger partial charge in [-0.15, -0.1) is 0 Å². The molecule has 0 saturated heterocycles. The second-order valence-electron chi connectivity index (χ2n) is 6.15. The van der Waals surface area contributed by atoms with E-state index in [9.17, 15) is 0 Å². The average molecular weight is 218 g/mol. The highest BCUT2D eigenvalue weighted by atomic mass is 14.3. The molecule has 0 aromatic carbocycles. The molecule has 0 aliphatic heterocycles. The SMILES string of the molecule is CC1C=CC(CC2CC(C)C=CC2C)CC1. The fraction of sp³-hybridized carbons (Fsp3) is 0.750. The van der Waals surface area contributed by atoms with Crippen LogP contribution in [-0.4, -0.2) is 0 Å². The van der Waals surface area contributed by atoms with Crippen LogP contribution in [0.15, 0.2) is 24.3 Å². The Hall–Kier alpha value is -0.520. The van der Waals surface area contributed by atoms with Crippen LogP contribution in [0.25, 0.3) is 0 Å². The molecule has 0 fully saturated rings. The zero-order valence-corrected chi connectivity index (χ0v) is 11.0. The predicted molar refractivity (Wildman–Crippen MR) is 71.2 cm³/mol. The third-order valence-corrected chi connectivity index (χ3v) is 4.47. The highest BCUT2D eigenvalue weighted by molar-refractivity contribution is 5.02. The van der Waals surface area contributed by atoms with Gasteiger partial charge in [0.2, 0.25) is 0 Å². The first-order valence-electron chi connectivity index (χ1n) is 7.01. The maximum atomic E-state index is 2.49. The summed E-state index contributed by atoms with van der Waals surface area (Å²) < 4.78 is 0. The first kappa shape index (κ1) is 12.0. The summed E-state index contributed by atoms with van der Waals surface area (Å²) >= 11 is 0. The highest BCUT2D eigenvalue weighted by Gasteiger charge is 2.24. The van der Waals surface area contributed by atoms with Crippen LogP contribution < -0.4 is 0 Å². The van der Waals surface area contributed by atoms with Gasteiger partial charge in [-0.3, -0.25) is 0 Å². The van der Waals surface area contributed by atoms with Crippen molar-refractivity contribution >= 4 is 0 Å². The van der Waals surface area contributed by atoms with Crippen molar-refractivity contribution in [2.45, 2.75) is 46.5 Å². The second-order valence-corrected chi connectivity index (χ2v) is 6.15. The van der Waals surface area contributed by atoms with Crippen LogP contribution in [0.4, 0.5) is 0 Å². The van der Waals surface area contributed by atoms with Crippen LogP contribution in [0.5, 0.6) is 0 Å². The largest absolute Gasteiger partial charge is 0.0854 e. The monoisotopic (exact) mass is 218 g/mol. The van der Waals surface area contributed by atoms with Crippen LogP contribution in [0.2, 0.25) is 0 Å². The zero-order chi connectivity index (χ0) is 11.5. The summed E-state index contributed by atoms with van der Waals surface area (Å²) in [7, 11) is 0. The van der Waals surface area contributed by atoms with Crippen molar-refractivity contribution in [2.75, 3.05) is 0 Å². The molecule has 90 valence electrons. The summed E-state index contributed by atoms with van der Waals surface area (Å²) in [5.74, 6) is 4.20. The van der Waals surface area contributed by atoms with E-state index in [0.29, 0.717) is 0 Å². The first-order valence-corrected chi connectivity index (χ1v) is 7.01. The smallest absolute Gasteiger partial charge is 0.0230 e. The zero-order valence-electron chi connectivity index (χ0n) is 11.0. The van der Waals surface area contributed by atoms with E-state index in [1.165, 1.54) is 25.7 Å². The van der Waals surface area contributed by atoms with E-state index in [1.54, 1.807) is 0 Å². The fourth-order valence-corrected chi connectivity index (χ4v) is 3.21. The van der Waals surface area contributed by atoms with Gasteiger partial charge in [0.25, 0.3) is 0 Å². The molecule has 0 aromatic heterocycles. The van der Waals surface area contributed by atoms with Gasteiger partial charge in [-0.25, -0.2) is 0 Å². The summed E-state index contributed by atoms with van der Waals surface area (Å²) in [5.41, 5.74) is 0. The molecule has 0 amide bonds. The van der Waals surface area contributed by atoms with Gasteiger partial charge in [-0.05, 0) is 55.3 Å². The van der Waals surface area contributed by atoms with Crippen LogP contribution in [0, 0.1) is 29.6 Å². The second kappa shape index (κ2) is 5.21. The van der Waals surface area contributed by atoms with Crippen molar-refractivity contribution in [3.05, 3.63) is 24.3 Å². The maximum Gasteiger partial charge on any atom is -0.0230 e. The summed E-state index contributed by atoms with van der Waals surface area (Å²) in [5, 5.41) is 0. The van der Waals surface area contributed by atoms with E-state index in [-0.39, 0.29) is 0 Å². The molecule has 0 spiro atoms. The van der Waals surface area contributed by atoms with E-state index in [1.807, 2.05) is 0 Å². The van der Waals surface area contributed by atoms with Crippen molar-refractivity contribution in [1.82, 2.24) is 0 Å². The molecule has 0 N–H and O–H groups in total. The molecule has 0 heteroatoms. The third kappa shape index (κ3) is 2.99. The van der Waals surface area contributed by atoms with Crippen molar-refractivity contribution in [1.29, 1.82) is 0 Å². The summed E-state index contributed by atoms with van der Waals surface area (Å²) in [6.07, 6.45) is 15.4. The Morgan fingerprint density at radius 3 is 2.31 bits per heavy atom. The Balaban J connectivity index is 1.90. The number of rotatable bonds is 2. The number of allylic oxidation sites excluding steroid dienone is 4. The summed E-state index contributed by atoms with van der Waals surface area (Å²) in [6.45, 7) is 7.08. The molecule has 5 unspecified atom stereocenters. The molecule has 2 aliphatic carbocycles. The quantitative estimate of drug-likeness (QED) is 0.582. The van der Waals surface area contributed by atoms with Gasteiger partial charge in [0.05, 0.1) is 0 Å². The molecule has 0 aromatic rings. The molecule has 0 heterocycles. The Kier molecular flexibility index (Phi) is 3.89. The van der Waals surface area contributed by atoms with Crippen molar-refractivity contribution in [3.63, 3.8) is 0 Å². The summed E-state index contributed by atoms with van der Waals surface area (Å²) in [4.78, 5) is 0. The van der Waals surface area contributed by atoms with E-state index >= 15 is 0 Å². The molecule has 0 nitrogen and oxygen atoms in total. The highest BCUT2D eigenvalue weighted by Crippen LogP contribution is 2.36. The van der Waals surface area contributed by atoms with Crippen LogP contribution in [-0.2, 0) is 0 Å². The predicted octanol–water partition coefficient (Wildman–Crippen LogP) is 4.83. The van der Waals surface area contributed by atoms with E-state index in [4.69, 9.17) is 0 Å². The molecular formula is C16H26. The minimum Gasteiger partial charge on any atom is -0.0854 e. The molecule has 5 atom stereocenters. The van der Waals surface area contributed by atoms with Gasteiger partial charge in [0.15, 0.2) is 0 Å². The molecule has 0 bridgehead atoms. The molecule has 0 saturated carbocycles.